The summed E-state index contributed by atoms with van der Waals surface area (Å²) in [5.74, 6) is 0. The molecule has 0 amide bonds. The fourth-order valence-corrected chi connectivity index (χ4v) is 2.73. The van der Waals surface area contributed by atoms with E-state index in [1.165, 1.54) is 12.1 Å². The number of nitrogens with one attached hydrogen (secondary N) is 1. The van der Waals surface area contributed by atoms with Crippen molar-refractivity contribution in [3.05, 3.63) is 28.7 Å². The monoisotopic (exact) mass is 307 g/mol. The SMILES string of the molecule is CC[C@H](CO)NS(=O)(=O)c1ccc(Br)cc1. The molecule has 0 aliphatic rings. The summed E-state index contributed by atoms with van der Waals surface area (Å²) in [6.07, 6.45) is 0.548. The Balaban J connectivity index is 2.89. The van der Waals surface area contributed by atoms with Gasteiger partial charge in [-0.15, -0.1) is 0 Å². The Kier molecular flexibility index (Phi) is 4.91. The van der Waals surface area contributed by atoms with E-state index in [0.29, 0.717) is 6.42 Å². The topological polar surface area (TPSA) is 66.4 Å². The molecule has 0 fully saturated rings. The van der Waals surface area contributed by atoms with Gasteiger partial charge in [-0.3, -0.25) is 0 Å². The third-order valence-electron chi connectivity index (χ3n) is 2.16. The molecular weight excluding hydrogens is 294 g/mol. The number of benzene rings is 1. The predicted molar refractivity (Wildman–Crippen MR) is 65.6 cm³/mol. The molecule has 1 rings (SSSR count). The van der Waals surface area contributed by atoms with Gasteiger partial charge in [0.2, 0.25) is 10.0 Å². The van der Waals surface area contributed by atoms with Gasteiger partial charge in [-0.05, 0) is 30.7 Å². The van der Waals surface area contributed by atoms with E-state index >= 15 is 0 Å². The summed E-state index contributed by atoms with van der Waals surface area (Å²) in [7, 11) is -3.53. The average molecular weight is 308 g/mol. The van der Waals surface area contributed by atoms with Crippen LogP contribution in [0, 0.1) is 0 Å². The third kappa shape index (κ3) is 3.55. The molecule has 90 valence electrons. The van der Waals surface area contributed by atoms with Gasteiger partial charge in [-0.1, -0.05) is 22.9 Å². The number of aliphatic hydroxyl groups excluding tert-OH is 1. The van der Waals surface area contributed by atoms with Crippen molar-refractivity contribution < 1.29 is 13.5 Å². The zero-order valence-corrected chi connectivity index (χ0v) is 11.3. The molecule has 2 N–H and O–H groups in total. The number of hydrogen-bond donors (Lipinski definition) is 2. The van der Waals surface area contributed by atoms with Crippen LogP contribution >= 0.6 is 15.9 Å². The largest absolute Gasteiger partial charge is 0.395 e. The van der Waals surface area contributed by atoms with Crippen molar-refractivity contribution in [3.8, 4) is 0 Å². The van der Waals surface area contributed by atoms with Crippen molar-refractivity contribution in [2.45, 2.75) is 24.3 Å². The van der Waals surface area contributed by atoms with Gasteiger partial charge in [0.25, 0.3) is 0 Å². The second-order valence-electron chi connectivity index (χ2n) is 3.36. The fourth-order valence-electron chi connectivity index (χ4n) is 1.15. The van der Waals surface area contributed by atoms with Crippen LogP contribution in [0.25, 0.3) is 0 Å². The van der Waals surface area contributed by atoms with Crippen molar-refractivity contribution in [2.24, 2.45) is 0 Å². The van der Waals surface area contributed by atoms with Gasteiger partial charge in [-0.25, -0.2) is 13.1 Å². The van der Waals surface area contributed by atoms with Gasteiger partial charge in [0.1, 0.15) is 0 Å². The Labute approximate surface area is 104 Å². The number of rotatable bonds is 5. The number of aliphatic hydroxyl groups is 1. The molecule has 4 nitrogen and oxygen atoms in total. The van der Waals surface area contributed by atoms with E-state index in [-0.39, 0.29) is 11.5 Å². The maximum Gasteiger partial charge on any atom is 0.240 e. The molecule has 0 aromatic heterocycles. The summed E-state index contributed by atoms with van der Waals surface area (Å²) in [4.78, 5) is 0.197. The Morgan fingerprint density at radius 1 is 1.38 bits per heavy atom. The molecule has 0 aliphatic carbocycles. The van der Waals surface area contributed by atoms with E-state index in [9.17, 15) is 8.42 Å². The van der Waals surface area contributed by atoms with Crippen molar-refractivity contribution in [3.63, 3.8) is 0 Å². The molecule has 0 spiro atoms. The van der Waals surface area contributed by atoms with E-state index in [2.05, 4.69) is 20.7 Å². The second-order valence-corrected chi connectivity index (χ2v) is 5.99. The van der Waals surface area contributed by atoms with Gasteiger partial charge in [0.05, 0.1) is 11.5 Å². The highest BCUT2D eigenvalue weighted by molar-refractivity contribution is 9.10. The zero-order chi connectivity index (χ0) is 12.2. The van der Waals surface area contributed by atoms with E-state index < -0.39 is 16.1 Å². The summed E-state index contributed by atoms with van der Waals surface area (Å²) in [5.41, 5.74) is 0. The van der Waals surface area contributed by atoms with Crippen LogP contribution in [0.1, 0.15) is 13.3 Å². The highest BCUT2D eigenvalue weighted by Crippen LogP contribution is 2.15. The molecular formula is C10H14BrNO3S. The molecule has 0 unspecified atom stereocenters. The molecule has 0 heterocycles. The maximum absolute atomic E-state index is 11.8. The first-order valence-corrected chi connectivity index (χ1v) is 7.16. The molecule has 0 saturated carbocycles. The lowest BCUT2D eigenvalue weighted by atomic mass is 10.3. The summed E-state index contributed by atoms with van der Waals surface area (Å²) < 4.78 is 26.9. The van der Waals surface area contributed by atoms with E-state index in [1.807, 2.05) is 6.92 Å². The van der Waals surface area contributed by atoms with Crippen molar-refractivity contribution in [1.29, 1.82) is 0 Å². The van der Waals surface area contributed by atoms with Gasteiger partial charge in [-0.2, -0.15) is 0 Å². The van der Waals surface area contributed by atoms with Crippen molar-refractivity contribution >= 4 is 26.0 Å². The van der Waals surface area contributed by atoms with E-state index in [4.69, 9.17) is 5.11 Å². The first-order chi connectivity index (χ1) is 7.49. The van der Waals surface area contributed by atoms with Gasteiger partial charge in [0, 0.05) is 10.5 Å². The lowest BCUT2D eigenvalue weighted by molar-refractivity contribution is 0.254. The molecule has 16 heavy (non-hydrogen) atoms. The minimum Gasteiger partial charge on any atom is -0.395 e. The quantitative estimate of drug-likeness (QED) is 0.866. The van der Waals surface area contributed by atoms with Crippen LogP contribution in [0.3, 0.4) is 0 Å². The summed E-state index contributed by atoms with van der Waals surface area (Å²) in [6, 6.07) is 5.91. The minimum absolute atomic E-state index is 0.197. The lowest BCUT2D eigenvalue weighted by Crippen LogP contribution is -2.36. The minimum atomic E-state index is -3.53. The molecule has 0 aliphatic heterocycles. The zero-order valence-electron chi connectivity index (χ0n) is 8.85. The molecule has 0 bridgehead atoms. The fraction of sp³-hybridized carbons (Fsp3) is 0.400. The second kappa shape index (κ2) is 5.77. The summed E-state index contributed by atoms with van der Waals surface area (Å²) in [5, 5.41) is 8.95. The Bertz CT molecular complexity index is 426. The first kappa shape index (κ1) is 13.6. The van der Waals surface area contributed by atoms with Crippen LogP contribution in [0.5, 0.6) is 0 Å². The highest BCUT2D eigenvalue weighted by atomic mass is 79.9. The Morgan fingerprint density at radius 2 is 1.94 bits per heavy atom. The van der Waals surface area contributed by atoms with Gasteiger partial charge >= 0.3 is 0 Å². The first-order valence-electron chi connectivity index (χ1n) is 4.88. The number of sulfonamides is 1. The van der Waals surface area contributed by atoms with Crippen LogP contribution in [-0.4, -0.2) is 26.2 Å². The predicted octanol–water partition coefficient (Wildman–Crippen LogP) is 1.50. The van der Waals surface area contributed by atoms with E-state index in [0.717, 1.165) is 4.47 Å². The third-order valence-corrected chi connectivity index (χ3v) is 4.22. The molecule has 0 saturated heterocycles. The molecule has 1 aromatic carbocycles. The van der Waals surface area contributed by atoms with Gasteiger partial charge in [0.15, 0.2) is 0 Å². The Morgan fingerprint density at radius 3 is 2.38 bits per heavy atom. The number of halogens is 1. The summed E-state index contributed by atoms with van der Waals surface area (Å²) in [6.45, 7) is 1.61. The molecule has 1 atom stereocenters. The van der Waals surface area contributed by atoms with Crippen LogP contribution in [0.15, 0.2) is 33.6 Å². The molecule has 1 aromatic rings. The van der Waals surface area contributed by atoms with Crippen LogP contribution in [0.2, 0.25) is 0 Å². The summed E-state index contributed by atoms with van der Waals surface area (Å²) >= 11 is 3.24. The molecule has 0 radical (unpaired) electrons. The smallest absolute Gasteiger partial charge is 0.240 e. The van der Waals surface area contributed by atoms with Crippen molar-refractivity contribution in [1.82, 2.24) is 4.72 Å². The highest BCUT2D eigenvalue weighted by Gasteiger charge is 2.17. The Hall–Kier alpha value is -0.430. The maximum atomic E-state index is 11.8. The number of hydrogen-bond acceptors (Lipinski definition) is 3. The van der Waals surface area contributed by atoms with Gasteiger partial charge < -0.3 is 5.11 Å². The average Bonchev–Trinajstić information content (AvgIpc) is 2.26. The van der Waals surface area contributed by atoms with E-state index in [1.54, 1.807) is 12.1 Å². The van der Waals surface area contributed by atoms with Crippen LogP contribution < -0.4 is 4.72 Å². The van der Waals surface area contributed by atoms with Crippen LogP contribution in [-0.2, 0) is 10.0 Å². The normalized spacial score (nSPS) is 13.7. The lowest BCUT2D eigenvalue weighted by Gasteiger charge is -2.14. The van der Waals surface area contributed by atoms with Crippen LogP contribution in [0.4, 0.5) is 0 Å². The van der Waals surface area contributed by atoms with Crippen molar-refractivity contribution in [2.75, 3.05) is 6.61 Å². The standard InChI is InChI=1S/C10H14BrNO3S/c1-2-9(7-13)12-16(14,15)10-5-3-8(11)4-6-10/h3-6,9,12-13H,2,7H2,1H3/t9-/m1/s1. The molecule has 6 heteroatoms.